The number of nitrogen functional groups attached to an aromatic ring is 1. The number of aryl methyl sites for hydroxylation is 1. The third-order valence-electron chi connectivity index (χ3n) is 3.69. The van der Waals surface area contributed by atoms with Crippen LogP contribution in [0.2, 0.25) is 0 Å². The Morgan fingerprint density at radius 1 is 1.10 bits per heavy atom. The number of carbonyl (C=O) groups excluding carboxylic acids is 1. The largest absolute Gasteiger partial charge is 0.399 e. The van der Waals surface area contributed by atoms with Crippen molar-refractivity contribution in [2.45, 2.75) is 19.9 Å². The van der Waals surface area contributed by atoms with Gasteiger partial charge < -0.3 is 10.3 Å². The molecule has 1 heterocycles. The van der Waals surface area contributed by atoms with Gasteiger partial charge in [-0.05, 0) is 36.6 Å². The predicted octanol–water partition coefficient (Wildman–Crippen LogP) is 2.72. The lowest BCUT2D eigenvalue weighted by Gasteiger charge is -2.13. The van der Waals surface area contributed by atoms with Crippen LogP contribution in [0.5, 0.6) is 0 Å². The summed E-state index contributed by atoms with van der Waals surface area (Å²) in [6, 6.07) is 13.0. The van der Waals surface area contributed by atoms with E-state index in [4.69, 9.17) is 5.73 Å². The molecule has 0 saturated heterocycles. The van der Waals surface area contributed by atoms with Crippen LogP contribution >= 0.6 is 0 Å². The van der Waals surface area contributed by atoms with Gasteiger partial charge in [0.1, 0.15) is 5.78 Å². The zero-order chi connectivity index (χ0) is 15.0. The lowest BCUT2D eigenvalue weighted by molar-refractivity contribution is -0.117. The third-order valence-corrected chi connectivity index (χ3v) is 3.69. The second kappa shape index (κ2) is 5.05. The minimum absolute atomic E-state index is 0.0656. The number of hydrogen-bond donors (Lipinski definition) is 1. The summed E-state index contributed by atoms with van der Waals surface area (Å²) in [5, 5.41) is 2.48. The van der Waals surface area contributed by atoms with E-state index in [2.05, 4.69) is 0 Å². The fourth-order valence-electron chi connectivity index (χ4n) is 2.66. The molecule has 1 aromatic heterocycles. The van der Waals surface area contributed by atoms with Gasteiger partial charge in [-0.1, -0.05) is 18.2 Å². The van der Waals surface area contributed by atoms with E-state index in [0.717, 1.165) is 16.3 Å². The lowest BCUT2D eigenvalue weighted by Crippen LogP contribution is -2.22. The van der Waals surface area contributed by atoms with E-state index in [-0.39, 0.29) is 11.3 Å². The van der Waals surface area contributed by atoms with Crippen LogP contribution in [-0.4, -0.2) is 10.4 Å². The molecule has 0 bridgehead atoms. The van der Waals surface area contributed by atoms with Gasteiger partial charge in [0.15, 0.2) is 0 Å². The molecule has 0 aliphatic rings. The Balaban J connectivity index is 2.40. The first kappa shape index (κ1) is 13.4. The summed E-state index contributed by atoms with van der Waals surface area (Å²) in [6.07, 6.45) is 0.345. The molecule has 0 aliphatic heterocycles. The average Bonchev–Trinajstić information content (AvgIpc) is 2.47. The molecule has 0 saturated carbocycles. The number of nitrogens with two attached hydrogens (primary N) is 1. The molecule has 4 heteroatoms. The van der Waals surface area contributed by atoms with Gasteiger partial charge in [0.2, 0.25) is 0 Å². The molecule has 2 N–H and O–H groups in total. The Morgan fingerprint density at radius 3 is 2.52 bits per heavy atom. The van der Waals surface area contributed by atoms with E-state index in [9.17, 15) is 9.59 Å². The molecule has 106 valence electrons. The molecule has 4 nitrogen and oxygen atoms in total. The molecule has 0 unspecified atom stereocenters. The molecule has 0 aliphatic carbocycles. The van der Waals surface area contributed by atoms with E-state index in [1.807, 2.05) is 36.4 Å². The third kappa shape index (κ3) is 2.29. The number of aromatic nitrogens is 1. The molecule has 0 fully saturated rings. The average molecular weight is 280 g/mol. The number of anilines is 1. The first-order valence-corrected chi connectivity index (χ1v) is 6.88. The van der Waals surface area contributed by atoms with Gasteiger partial charge in [-0.2, -0.15) is 0 Å². The molecular formula is C17H16N2O2. The number of nitrogens with zero attached hydrogens (tertiary/aromatic N) is 1. The molecule has 0 radical (unpaired) electrons. The van der Waals surface area contributed by atoms with Crippen LogP contribution in [0.1, 0.15) is 13.3 Å². The summed E-state index contributed by atoms with van der Waals surface area (Å²) in [5.41, 5.74) is 7.29. The number of carbonyl (C=O) groups is 1. The Morgan fingerprint density at radius 2 is 1.81 bits per heavy atom. The highest BCUT2D eigenvalue weighted by atomic mass is 16.1. The molecule has 0 atom stereocenters. The monoisotopic (exact) mass is 280 g/mol. The number of hydrogen-bond acceptors (Lipinski definition) is 3. The van der Waals surface area contributed by atoms with Crippen LogP contribution in [0.4, 0.5) is 5.69 Å². The summed E-state index contributed by atoms with van der Waals surface area (Å²) in [6.45, 7) is 1.92. The number of Topliss-reactive ketones (excluding diaryl/α,β-unsaturated/α-hetero) is 1. The standard InChI is InChI=1S/C17H16N2O2/c1-11(20)8-9-19-16-7-6-12(18)10-15(16)13-4-2-3-5-14(13)17(19)21/h2-7,10H,8-9,18H2,1H3. The summed E-state index contributed by atoms with van der Waals surface area (Å²) in [7, 11) is 0. The van der Waals surface area contributed by atoms with Gasteiger partial charge in [0.05, 0.1) is 5.52 Å². The van der Waals surface area contributed by atoms with Crippen molar-refractivity contribution >= 4 is 33.1 Å². The zero-order valence-electron chi connectivity index (χ0n) is 11.8. The molecule has 3 aromatic rings. The Labute approximate surface area is 121 Å². The minimum Gasteiger partial charge on any atom is -0.399 e. The summed E-state index contributed by atoms with van der Waals surface area (Å²) in [5.74, 6) is 0.0682. The van der Waals surface area contributed by atoms with Crippen LogP contribution in [0.3, 0.4) is 0 Å². The number of fused-ring (bicyclic) bond motifs is 3. The second-order valence-corrected chi connectivity index (χ2v) is 5.23. The minimum atomic E-state index is -0.0656. The van der Waals surface area contributed by atoms with Gasteiger partial charge in [-0.15, -0.1) is 0 Å². The Bertz CT molecular complexity index is 910. The number of benzene rings is 2. The van der Waals surface area contributed by atoms with Crippen molar-refractivity contribution in [3.8, 4) is 0 Å². The maximum Gasteiger partial charge on any atom is 0.258 e. The van der Waals surface area contributed by atoms with Crippen molar-refractivity contribution in [1.82, 2.24) is 4.57 Å². The molecule has 3 rings (SSSR count). The van der Waals surface area contributed by atoms with Gasteiger partial charge in [0.25, 0.3) is 5.56 Å². The topological polar surface area (TPSA) is 65.1 Å². The first-order valence-electron chi connectivity index (χ1n) is 6.88. The van der Waals surface area contributed by atoms with E-state index >= 15 is 0 Å². The van der Waals surface area contributed by atoms with E-state index in [1.165, 1.54) is 6.92 Å². The Hall–Kier alpha value is -2.62. The smallest absolute Gasteiger partial charge is 0.258 e. The van der Waals surface area contributed by atoms with Gasteiger partial charge in [0, 0.05) is 29.4 Å². The maximum atomic E-state index is 12.7. The number of pyridine rings is 1. The zero-order valence-corrected chi connectivity index (χ0v) is 11.8. The quantitative estimate of drug-likeness (QED) is 0.592. The van der Waals surface area contributed by atoms with E-state index < -0.39 is 0 Å². The highest BCUT2D eigenvalue weighted by molar-refractivity contribution is 6.06. The number of ketones is 1. The van der Waals surface area contributed by atoms with Gasteiger partial charge in [-0.25, -0.2) is 0 Å². The first-order chi connectivity index (χ1) is 10.1. The fourth-order valence-corrected chi connectivity index (χ4v) is 2.66. The summed E-state index contributed by atoms with van der Waals surface area (Å²) < 4.78 is 1.67. The van der Waals surface area contributed by atoms with Crippen molar-refractivity contribution in [3.05, 3.63) is 52.8 Å². The fraction of sp³-hybridized carbons (Fsp3) is 0.176. The van der Waals surface area contributed by atoms with E-state index in [1.54, 1.807) is 10.6 Å². The highest BCUT2D eigenvalue weighted by Gasteiger charge is 2.11. The molecule has 0 amide bonds. The van der Waals surface area contributed by atoms with Crippen LogP contribution in [0.15, 0.2) is 47.3 Å². The van der Waals surface area contributed by atoms with E-state index in [0.29, 0.717) is 24.0 Å². The molecule has 0 spiro atoms. The molecular weight excluding hydrogens is 264 g/mol. The summed E-state index contributed by atoms with van der Waals surface area (Å²) >= 11 is 0. The molecule has 21 heavy (non-hydrogen) atoms. The lowest BCUT2D eigenvalue weighted by atomic mass is 10.1. The molecule has 2 aromatic carbocycles. The van der Waals surface area contributed by atoms with Crippen molar-refractivity contribution in [2.75, 3.05) is 5.73 Å². The van der Waals surface area contributed by atoms with Crippen molar-refractivity contribution in [1.29, 1.82) is 0 Å². The van der Waals surface area contributed by atoms with Crippen LogP contribution < -0.4 is 11.3 Å². The summed E-state index contributed by atoms with van der Waals surface area (Å²) in [4.78, 5) is 23.9. The highest BCUT2D eigenvalue weighted by Crippen LogP contribution is 2.24. The Kier molecular flexibility index (Phi) is 3.22. The van der Waals surface area contributed by atoms with Crippen LogP contribution in [-0.2, 0) is 11.3 Å². The SMILES string of the molecule is CC(=O)CCn1c(=O)c2ccccc2c2cc(N)ccc21. The number of rotatable bonds is 3. The van der Waals surface area contributed by atoms with Crippen molar-refractivity contribution in [3.63, 3.8) is 0 Å². The van der Waals surface area contributed by atoms with Gasteiger partial charge >= 0.3 is 0 Å². The maximum absolute atomic E-state index is 12.7. The van der Waals surface area contributed by atoms with Crippen LogP contribution in [0.25, 0.3) is 21.7 Å². The van der Waals surface area contributed by atoms with Crippen molar-refractivity contribution < 1.29 is 4.79 Å². The predicted molar refractivity (Wildman–Crippen MR) is 85.4 cm³/mol. The second-order valence-electron chi connectivity index (χ2n) is 5.23. The van der Waals surface area contributed by atoms with Crippen LogP contribution in [0, 0.1) is 0 Å². The van der Waals surface area contributed by atoms with Crippen molar-refractivity contribution in [2.24, 2.45) is 0 Å². The van der Waals surface area contributed by atoms with Gasteiger partial charge in [-0.3, -0.25) is 9.59 Å². The normalized spacial score (nSPS) is 11.1.